The molecule has 0 aromatic carbocycles. The van der Waals surface area contributed by atoms with Crippen molar-refractivity contribution in [2.75, 3.05) is 53.7 Å². The number of nitrogens with zero attached hydrogens (tertiary/aromatic N) is 3. The molecular formula is C38H71F4N3O18P4S+2. The van der Waals surface area contributed by atoms with Gasteiger partial charge in [-0.05, 0) is 81.0 Å². The lowest BCUT2D eigenvalue weighted by molar-refractivity contribution is -0.0181. The summed E-state index contributed by atoms with van der Waals surface area (Å²) >= 11 is 5.33. The van der Waals surface area contributed by atoms with Gasteiger partial charge in [-0.1, -0.05) is 0 Å². The van der Waals surface area contributed by atoms with Crippen LogP contribution in [0.15, 0.2) is 0 Å². The predicted octanol–water partition coefficient (Wildman–Crippen LogP) is 6.01. The van der Waals surface area contributed by atoms with Crippen LogP contribution in [0.1, 0.15) is 71.9 Å². The largest absolute Gasteiger partial charge is 0.695 e. The van der Waals surface area contributed by atoms with Crippen LogP contribution in [0.25, 0.3) is 9.69 Å². The lowest BCUT2D eigenvalue weighted by Gasteiger charge is -2.37. The zero-order valence-electron chi connectivity index (χ0n) is 43.6. The van der Waals surface area contributed by atoms with Crippen LogP contribution >= 0.6 is 31.8 Å². The van der Waals surface area contributed by atoms with E-state index in [0.717, 1.165) is 0 Å². The second kappa shape index (κ2) is 34.7. The maximum atomic E-state index is 14.5. The topological polar surface area (TPSA) is 249 Å². The summed E-state index contributed by atoms with van der Waals surface area (Å²) in [7, 11) is -4.89. The second-order valence-electron chi connectivity index (χ2n) is 15.2. The highest BCUT2D eigenvalue weighted by molar-refractivity contribution is 8.07. The Morgan fingerprint density at radius 2 is 1.16 bits per heavy atom. The van der Waals surface area contributed by atoms with E-state index in [1.165, 1.54) is 35.0 Å². The Morgan fingerprint density at radius 1 is 0.750 bits per heavy atom. The fraction of sp³-hybridized carbons (Fsp3) is 0.947. The van der Waals surface area contributed by atoms with Crippen molar-refractivity contribution in [1.82, 2.24) is 4.67 Å². The van der Waals surface area contributed by atoms with Gasteiger partial charge in [-0.15, -0.1) is 18.8 Å². The van der Waals surface area contributed by atoms with Crippen molar-refractivity contribution in [2.24, 2.45) is 0 Å². The summed E-state index contributed by atoms with van der Waals surface area (Å²) in [4.78, 5) is 23.8. The molecular weight excluding hydrogens is 1020 g/mol. The van der Waals surface area contributed by atoms with Crippen LogP contribution in [0.4, 0.5) is 17.6 Å². The molecule has 0 radical (unpaired) electrons. The van der Waals surface area contributed by atoms with Crippen molar-refractivity contribution in [1.29, 1.82) is 2.86 Å². The van der Waals surface area contributed by atoms with E-state index in [1.807, 2.05) is 27.7 Å². The van der Waals surface area contributed by atoms with E-state index in [2.05, 4.69) is 29.1 Å². The molecule has 5 N–H and O–H groups in total. The number of aliphatic hydroxyl groups excluding tert-OH is 3. The summed E-state index contributed by atoms with van der Waals surface area (Å²) in [6.45, 7) is 23.3. The molecule has 4 aliphatic rings. The number of rotatable bonds is 21. The zero-order chi connectivity index (χ0) is 55.5. The van der Waals surface area contributed by atoms with Crippen molar-refractivity contribution in [2.45, 2.75) is 179 Å². The molecule has 30 heteroatoms. The Labute approximate surface area is 411 Å². The van der Waals surface area contributed by atoms with Crippen molar-refractivity contribution in [3.05, 3.63) is 22.8 Å². The first-order valence-electron chi connectivity index (χ1n) is 23.2. The van der Waals surface area contributed by atoms with E-state index in [1.54, 1.807) is 6.92 Å². The summed E-state index contributed by atoms with van der Waals surface area (Å²) in [5.74, 6) is 0. The Kier molecular flexibility index (Phi) is 30.5. The van der Waals surface area contributed by atoms with Gasteiger partial charge >= 0.3 is 23.2 Å². The van der Waals surface area contributed by atoms with Gasteiger partial charge in [0, 0.05) is 38.2 Å². The molecule has 20 atom stereocenters. The van der Waals surface area contributed by atoms with Crippen LogP contribution in [0.2, 0.25) is 0 Å². The highest BCUT2D eigenvalue weighted by atomic mass is 32.5. The zero-order valence-corrected chi connectivity index (χ0v) is 44.0. The maximum absolute atomic E-state index is 14.5. The third kappa shape index (κ3) is 21.8. The lowest BCUT2D eigenvalue weighted by Crippen LogP contribution is -2.37. The third-order valence-electron chi connectivity index (χ3n) is 9.64. The Bertz CT molecular complexity index is 1670. The minimum atomic E-state index is -3.67. The smallest absolute Gasteiger partial charge is 0.400 e. The van der Waals surface area contributed by atoms with E-state index in [0.29, 0.717) is 0 Å². The first-order chi connectivity index (χ1) is 33.8. The first-order valence-corrected chi connectivity index (χ1v) is 26.9. The molecule has 0 saturated carbocycles. The number of aliphatic hydroxyl groups is 3. The normalized spacial score (nSPS) is 35.5. The van der Waals surface area contributed by atoms with Gasteiger partial charge in [-0.25, -0.2) is 35.4 Å². The molecule has 21 nitrogen and oxygen atoms in total. The van der Waals surface area contributed by atoms with E-state index < -0.39 is 143 Å². The number of hydrogen-bond donors (Lipinski definition) is 5. The van der Waals surface area contributed by atoms with Gasteiger partial charge in [0.15, 0.2) is 36.9 Å². The predicted molar refractivity (Wildman–Crippen MR) is 245 cm³/mol. The number of halogens is 4. The molecule has 0 aromatic rings. The molecule has 0 aromatic heterocycles. The summed E-state index contributed by atoms with van der Waals surface area (Å²) in [6, 6.07) is 0.308. The Balaban J connectivity index is 0.00000105. The van der Waals surface area contributed by atoms with Crippen molar-refractivity contribution in [3.63, 3.8) is 0 Å². The molecule has 4 unspecified atom stereocenters. The molecule has 4 fully saturated rings. The van der Waals surface area contributed by atoms with Gasteiger partial charge in [0.05, 0.1) is 49.8 Å². The van der Waals surface area contributed by atoms with Gasteiger partial charge < -0.3 is 62.1 Å². The monoisotopic (exact) mass is 1100 g/mol. The summed E-state index contributed by atoms with van der Waals surface area (Å²) in [5, 5.41) is 15.7. The quantitative estimate of drug-likeness (QED) is 0.0382. The van der Waals surface area contributed by atoms with Gasteiger partial charge in [-0.3, -0.25) is 4.52 Å². The molecule has 0 aliphatic carbocycles. The number of ether oxygens (including phenoxy) is 4. The van der Waals surface area contributed by atoms with Crippen LogP contribution in [0.5, 0.6) is 0 Å². The van der Waals surface area contributed by atoms with Crippen LogP contribution < -0.4 is 0 Å². The lowest BCUT2D eigenvalue weighted by atomic mass is 10.1. The molecule has 4 heterocycles. The first kappa shape index (κ1) is 59.9. The summed E-state index contributed by atoms with van der Waals surface area (Å²) < 4.78 is 165. The Morgan fingerprint density at radius 3 is 1.60 bits per heavy atom. The Hall–Kier alpha value is -0.700. The second-order valence-corrected chi connectivity index (χ2v) is 21.0. The van der Waals surface area contributed by atoms with Gasteiger partial charge in [0.25, 0.3) is 8.53 Å². The van der Waals surface area contributed by atoms with Gasteiger partial charge in [-0.2, -0.15) is 0 Å². The number of hydrogen-bond acceptors (Lipinski definition) is 18. The molecule has 68 heavy (non-hydrogen) atoms. The van der Waals surface area contributed by atoms with Crippen LogP contribution in [-0.4, -0.2) is 196 Å². The van der Waals surface area contributed by atoms with E-state index in [4.69, 9.17) is 91.5 Å². The molecule has 0 bridgehead atoms. The fourth-order valence-electron chi connectivity index (χ4n) is 6.60. The summed E-state index contributed by atoms with van der Waals surface area (Å²) in [6.07, 6.45) is -17.1. The molecule has 4 rings (SSSR count). The highest BCUT2D eigenvalue weighted by Crippen LogP contribution is 2.54. The molecule has 0 spiro atoms. The van der Waals surface area contributed by atoms with E-state index in [9.17, 15) is 26.7 Å². The van der Waals surface area contributed by atoms with Crippen molar-refractivity contribution >= 4 is 43.6 Å². The SMILES string of the molecule is C[C@@H]1O[C@H](CO)[C@@H](O[P+](=O)O)[C@H]1F.[2H]C[C@H]1O[C@@H](C)[C@H](F)[C@@H]1OP(=S)(OCC[N+]#[C-])OC[C@H]1O[C@@H](C)[C@H](F)[C@@H]1O[P+](=O)O.[2H]C[C@H]1O[C@@H](C)[C@H](F)[C@@H]1OP(OCC[N+]#[C-])N(C(C)C)C(C)C.[3H]OC.[3H]OC. The standard InChI is InChI=1S/C15H23F2NO8P2S.C15H28FN2O3P.C6H10FO5P.2CH4O/c1-8-12(16)14(10(3)23-8)26-28(29,21-6-5-18-4)22-7-11-15(25-27(19)20)13(17)9(2)24-11;1-10(2)18(11(3)4)22(19-9-8-17-7)21-15-13(6)20-12(5)14(15)16;1-3-5(7)6(12-13(9)10)4(2-8)11-3;2*1-2/h8-15H,5-7H2,1-3H3;10-15H,8-9H2,1-6H3;3-6,8H,2H2,1H3;2*2H,1H3/p+2/t8-,9-,10+,11+,12-,13-,14+,15+,28?;12-,13+,14-,15+,22?;3-,4+,5-,6+;;/m000../s1/i3D;6D;;2*2T. The van der Waals surface area contributed by atoms with Crippen LogP contribution in [0, 0.1) is 13.1 Å². The average molecular weight is 1100 g/mol. The van der Waals surface area contributed by atoms with Gasteiger partial charge in [0.2, 0.25) is 16.0 Å². The number of alkyl halides is 4. The highest BCUT2D eigenvalue weighted by Gasteiger charge is 2.51. The average Bonchev–Trinajstić information content (AvgIpc) is 3.94. The molecule has 398 valence electrons. The minimum absolute atomic E-state index is 0.0516. The van der Waals surface area contributed by atoms with Crippen molar-refractivity contribution in [3.8, 4) is 0 Å². The van der Waals surface area contributed by atoms with Gasteiger partial charge in [0.1, 0.15) is 37.6 Å². The van der Waals surface area contributed by atoms with E-state index >= 15 is 0 Å². The minimum Gasteiger partial charge on any atom is -0.400 e. The summed E-state index contributed by atoms with van der Waals surface area (Å²) in [5.41, 5.74) is 0. The third-order valence-corrected chi connectivity index (χ3v) is 15.0. The van der Waals surface area contributed by atoms with Crippen molar-refractivity contribution < 1.29 is 105 Å². The fourth-order valence-corrected chi connectivity index (χ4v) is 11.4. The van der Waals surface area contributed by atoms with E-state index in [-0.39, 0.29) is 52.2 Å². The molecule has 4 aliphatic heterocycles. The van der Waals surface area contributed by atoms with Crippen LogP contribution in [-0.2, 0) is 71.6 Å². The molecule has 0 amide bonds. The molecule has 4 saturated heterocycles. The maximum Gasteiger partial charge on any atom is 0.695 e. The van der Waals surface area contributed by atoms with Crippen LogP contribution in [0.3, 0.4) is 0 Å².